The fourth-order valence-electron chi connectivity index (χ4n) is 2.60. The molecule has 1 aliphatic rings. The van der Waals surface area contributed by atoms with Gasteiger partial charge in [0.25, 0.3) is 0 Å². The van der Waals surface area contributed by atoms with E-state index in [0.29, 0.717) is 31.5 Å². The molecule has 1 fully saturated rings. The number of esters is 1. The van der Waals surface area contributed by atoms with Crippen molar-refractivity contribution in [2.24, 2.45) is 5.92 Å². The molecule has 0 spiro atoms. The van der Waals surface area contributed by atoms with Crippen molar-refractivity contribution in [3.8, 4) is 0 Å². The molecule has 132 valence electrons. The number of hydrogen-bond acceptors (Lipinski definition) is 5. The summed E-state index contributed by atoms with van der Waals surface area (Å²) in [5.74, 6) is -1.08. The lowest BCUT2D eigenvalue weighted by molar-refractivity contribution is -0.152. The number of piperidine rings is 1. The molecule has 0 radical (unpaired) electrons. The highest BCUT2D eigenvalue weighted by atomic mass is 79.9. The molecular weight excluding hydrogens is 398 g/mol. The number of nitrogens with zero attached hydrogens (tertiary/aromatic N) is 1. The van der Waals surface area contributed by atoms with Crippen molar-refractivity contribution >= 4 is 37.7 Å². The standard InChI is InChI=1S/C16H20BrNO5S/c1-11(15(19)12-3-5-14(17)6-4-12)23-16(20)13-7-9-18(10-8-13)24(2,21)22/h3-6,11,13H,7-10H2,1-2H3. The Morgan fingerprint density at radius 3 is 2.25 bits per heavy atom. The maximum absolute atomic E-state index is 12.3. The van der Waals surface area contributed by atoms with Crippen LogP contribution in [0.1, 0.15) is 30.1 Å². The predicted octanol–water partition coefficient (Wildman–Crippen LogP) is 2.24. The summed E-state index contributed by atoms with van der Waals surface area (Å²) in [6, 6.07) is 6.84. The minimum absolute atomic E-state index is 0.260. The molecule has 0 N–H and O–H groups in total. The molecule has 1 aromatic carbocycles. The van der Waals surface area contributed by atoms with Crippen molar-refractivity contribution in [2.45, 2.75) is 25.9 Å². The maximum Gasteiger partial charge on any atom is 0.309 e. The number of rotatable bonds is 5. The van der Waals surface area contributed by atoms with Gasteiger partial charge in [-0.25, -0.2) is 12.7 Å². The average molecular weight is 418 g/mol. The Kier molecular flexibility index (Phi) is 6.17. The molecule has 1 aromatic rings. The second-order valence-corrected chi connectivity index (χ2v) is 8.78. The van der Waals surface area contributed by atoms with Crippen molar-refractivity contribution in [2.75, 3.05) is 19.3 Å². The number of sulfonamides is 1. The average Bonchev–Trinajstić information content (AvgIpc) is 2.54. The molecule has 24 heavy (non-hydrogen) atoms. The number of carbonyl (C=O) groups excluding carboxylic acids is 2. The van der Waals surface area contributed by atoms with Gasteiger partial charge in [-0.1, -0.05) is 28.1 Å². The zero-order valence-electron chi connectivity index (χ0n) is 13.6. The highest BCUT2D eigenvalue weighted by molar-refractivity contribution is 9.10. The van der Waals surface area contributed by atoms with Crippen LogP contribution in [0.2, 0.25) is 0 Å². The summed E-state index contributed by atoms with van der Waals surface area (Å²) in [4.78, 5) is 24.5. The van der Waals surface area contributed by atoms with Crippen LogP contribution in [0.15, 0.2) is 28.7 Å². The molecule has 8 heteroatoms. The van der Waals surface area contributed by atoms with Gasteiger partial charge < -0.3 is 4.74 Å². The van der Waals surface area contributed by atoms with Crippen LogP contribution in [0.25, 0.3) is 0 Å². The lowest BCUT2D eigenvalue weighted by Crippen LogP contribution is -2.40. The topological polar surface area (TPSA) is 80.8 Å². The van der Waals surface area contributed by atoms with E-state index in [4.69, 9.17) is 4.74 Å². The van der Waals surface area contributed by atoms with Crippen LogP contribution in [0.4, 0.5) is 0 Å². The molecule has 1 unspecified atom stereocenters. The van der Waals surface area contributed by atoms with E-state index in [-0.39, 0.29) is 11.7 Å². The lowest BCUT2D eigenvalue weighted by atomic mass is 9.98. The monoisotopic (exact) mass is 417 g/mol. The van der Waals surface area contributed by atoms with Gasteiger partial charge in [0.1, 0.15) is 0 Å². The molecule has 0 aromatic heterocycles. The third-order valence-electron chi connectivity index (χ3n) is 4.05. The van der Waals surface area contributed by atoms with E-state index in [1.54, 1.807) is 31.2 Å². The van der Waals surface area contributed by atoms with Gasteiger partial charge in [0.05, 0.1) is 12.2 Å². The van der Waals surface area contributed by atoms with Crippen molar-refractivity contribution in [1.82, 2.24) is 4.31 Å². The van der Waals surface area contributed by atoms with Crippen molar-refractivity contribution in [1.29, 1.82) is 0 Å². The summed E-state index contributed by atoms with van der Waals surface area (Å²) in [6.07, 6.45) is 1.10. The van der Waals surface area contributed by atoms with Crippen molar-refractivity contribution in [3.05, 3.63) is 34.3 Å². The van der Waals surface area contributed by atoms with E-state index >= 15 is 0 Å². The number of Topliss-reactive ketones (excluding diaryl/α,β-unsaturated/α-hetero) is 1. The molecule has 0 bridgehead atoms. The summed E-state index contributed by atoms with van der Waals surface area (Å²) in [7, 11) is -3.23. The van der Waals surface area contributed by atoms with Gasteiger partial charge in [-0.05, 0) is 31.9 Å². The van der Waals surface area contributed by atoms with Crippen LogP contribution in [0.3, 0.4) is 0 Å². The lowest BCUT2D eigenvalue weighted by Gasteiger charge is -2.29. The van der Waals surface area contributed by atoms with Gasteiger partial charge in [0, 0.05) is 23.1 Å². The van der Waals surface area contributed by atoms with E-state index < -0.39 is 22.1 Å². The molecular formula is C16H20BrNO5S. The van der Waals surface area contributed by atoms with Crippen LogP contribution in [-0.4, -0.2) is 49.9 Å². The first-order valence-corrected chi connectivity index (χ1v) is 10.3. The SMILES string of the molecule is CC(OC(=O)C1CCN(S(C)(=O)=O)CC1)C(=O)c1ccc(Br)cc1. The molecule has 1 heterocycles. The molecule has 1 saturated heterocycles. The normalized spacial score (nSPS) is 18.1. The summed E-state index contributed by atoms with van der Waals surface area (Å²) < 4.78 is 30.5. The van der Waals surface area contributed by atoms with E-state index in [1.807, 2.05) is 0 Å². The van der Waals surface area contributed by atoms with E-state index in [1.165, 1.54) is 4.31 Å². The van der Waals surface area contributed by atoms with Gasteiger partial charge in [-0.2, -0.15) is 0 Å². The second-order valence-electron chi connectivity index (χ2n) is 5.89. The molecule has 0 amide bonds. The Bertz CT molecular complexity index is 708. The minimum Gasteiger partial charge on any atom is -0.454 e. The fourth-order valence-corrected chi connectivity index (χ4v) is 3.73. The number of halogens is 1. The minimum atomic E-state index is -3.23. The molecule has 1 aliphatic heterocycles. The first kappa shape index (κ1) is 19.1. The van der Waals surface area contributed by atoms with E-state index in [0.717, 1.165) is 10.7 Å². The third-order valence-corrected chi connectivity index (χ3v) is 5.88. The Labute approximate surface area is 150 Å². The molecule has 2 rings (SSSR count). The number of benzene rings is 1. The Hall–Kier alpha value is -1.25. The van der Waals surface area contributed by atoms with Crippen LogP contribution in [-0.2, 0) is 19.6 Å². The molecule has 1 atom stereocenters. The quantitative estimate of drug-likeness (QED) is 0.541. The van der Waals surface area contributed by atoms with E-state index in [2.05, 4.69) is 15.9 Å². The second kappa shape index (κ2) is 7.76. The zero-order valence-corrected chi connectivity index (χ0v) is 16.0. The van der Waals surface area contributed by atoms with Crippen LogP contribution in [0, 0.1) is 5.92 Å². The molecule has 0 saturated carbocycles. The predicted molar refractivity (Wildman–Crippen MR) is 93.2 cm³/mol. The fraction of sp³-hybridized carbons (Fsp3) is 0.500. The van der Waals surface area contributed by atoms with E-state index in [9.17, 15) is 18.0 Å². The van der Waals surface area contributed by atoms with Crippen LogP contribution in [0.5, 0.6) is 0 Å². The zero-order chi connectivity index (χ0) is 17.9. The number of hydrogen-bond donors (Lipinski definition) is 0. The summed E-state index contributed by atoms with van der Waals surface area (Å²) in [5.41, 5.74) is 0.477. The number of carbonyl (C=O) groups is 2. The third kappa shape index (κ3) is 4.87. The van der Waals surface area contributed by atoms with Gasteiger partial charge in [0.15, 0.2) is 6.10 Å². The summed E-state index contributed by atoms with van der Waals surface area (Å²) >= 11 is 3.30. The Balaban J connectivity index is 1.90. The highest BCUT2D eigenvalue weighted by Gasteiger charge is 2.31. The Morgan fingerprint density at radius 1 is 1.21 bits per heavy atom. The number of ketones is 1. The first-order chi connectivity index (χ1) is 11.2. The summed E-state index contributed by atoms with van der Waals surface area (Å²) in [6.45, 7) is 2.15. The molecule has 6 nitrogen and oxygen atoms in total. The van der Waals surface area contributed by atoms with Crippen LogP contribution >= 0.6 is 15.9 Å². The van der Waals surface area contributed by atoms with Gasteiger partial charge in [0.2, 0.25) is 15.8 Å². The first-order valence-electron chi connectivity index (χ1n) is 7.64. The van der Waals surface area contributed by atoms with Gasteiger partial charge in [-0.15, -0.1) is 0 Å². The number of ether oxygens (including phenoxy) is 1. The van der Waals surface area contributed by atoms with Gasteiger partial charge >= 0.3 is 5.97 Å². The summed E-state index contributed by atoms with van der Waals surface area (Å²) in [5, 5.41) is 0. The van der Waals surface area contributed by atoms with Crippen molar-refractivity contribution in [3.63, 3.8) is 0 Å². The molecule has 0 aliphatic carbocycles. The highest BCUT2D eigenvalue weighted by Crippen LogP contribution is 2.21. The Morgan fingerprint density at radius 2 is 1.75 bits per heavy atom. The van der Waals surface area contributed by atoms with Gasteiger partial charge in [-0.3, -0.25) is 9.59 Å². The largest absolute Gasteiger partial charge is 0.454 e. The van der Waals surface area contributed by atoms with Crippen LogP contribution < -0.4 is 0 Å². The van der Waals surface area contributed by atoms with Crippen molar-refractivity contribution < 1.29 is 22.7 Å². The smallest absolute Gasteiger partial charge is 0.309 e. The maximum atomic E-state index is 12.3.